The molecule has 27 heavy (non-hydrogen) atoms. The Morgan fingerprint density at radius 1 is 1.30 bits per heavy atom. The van der Waals surface area contributed by atoms with Gasteiger partial charge in [0.15, 0.2) is 5.78 Å². The summed E-state index contributed by atoms with van der Waals surface area (Å²) in [5, 5.41) is 12.2. The van der Waals surface area contributed by atoms with E-state index >= 15 is 0 Å². The predicted octanol–water partition coefficient (Wildman–Crippen LogP) is 2.65. The van der Waals surface area contributed by atoms with Crippen molar-refractivity contribution in [1.82, 2.24) is 5.32 Å². The smallest absolute Gasteiger partial charge is 0.331 e. The van der Waals surface area contributed by atoms with Gasteiger partial charge in [0.1, 0.15) is 5.75 Å². The molecule has 0 saturated heterocycles. The van der Waals surface area contributed by atoms with E-state index in [0.717, 1.165) is 16.9 Å². The summed E-state index contributed by atoms with van der Waals surface area (Å²) in [6.07, 6.45) is 1.64. The number of aliphatic carboxylic acids is 1. The number of carboxylic acids is 1. The lowest BCUT2D eigenvalue weighted by Gasteiger charge is -2.23. The molecular weight excluding hydrogens is 344 g/mol. The van der Waals surface area contributed by atoms with Gasteiger partial charge in [-0.05, 0) is 37.0 Å². The maximum Gasteiger partial charge on any atom is 0.331 e. The number of ketones is 1. The van der Waals surface area contributed by atoms with Crippen LogP contribution in [0.4, 0.5) is 0 Å². The average Bonchev–Trinajstić information content (AvgIpc) is 2.62. The second kappa shape index (κ2) is 10.2. The summed E-state index contributed by atoms with van der Waals surface area (Å²) < 4.78 is 5.27. The van der Waals surface area contributed by atoms with Gasteiger partial charge in [0.05, 0.1) is 19.7 Å². The van der Waals surface area contributed by atoms with Crippen LogP contribution in [0.25, 0.3) is 0 Å². The number of hydrogen-bond donors (Lipinski definition) is 3. The lowest BCUT2D eigenvalue weighted by Crippen LogP contribution is -2.44. The monoisotopic (exact) mass is 376 g/mol. The van der Waals surface area contributed by atoms with E-state index in [0.29, 0.717) is 0 Å². The van der Waals surface area contributed by atoms with Gasteiger partial charge in [-0.3, -0.25) is 4.79 Å². The van der Waals surface area contributed by atoms with Gasteiger partial charge in [-0.25, -0.2) is 4.79 Å². The van der Waals surface area contributed by atoms with E-state index in [4.69, 9.17) is 15.6 Å². The molecule has 150 valence electrons. The Kier molecular flexibility index (Phi) is 8.66. The molecule has 6 nitrogen and oxygen atoms in total. The Balaban J connectivity index is 2.78. The van der Waals surface area contributed by atoms with Crippen molar-refractivity contribution in [2.75, 3.05) is 13.7 Å². The van der Waals surface area contributed by atoms with Crippen LogP contribution < -0.4 is 15.8 Å². The first-order valence-corrected chi connectivity index (χ1v) is 9.16. The number of carbonyl (C=O) groups is 2. The molecule has 1 unspecified atom stereocenters. The van der Waals surface area contributed by atoms with E-state index in [2.05, 4.69) is 5.32 Å². The highest BCUT2D eigenvalue weighted by molar-refractivity contribution is 5.87. The predicted molar refractivity (Wildman–Crippen MR) is 107 cm³/mol. The van der Waals surface area contributed by atoms with Gasteiger partial charge in [-0.2, -0.15) is 0 Å². The zero-order valence-corrected chi connectivity index (χ0v) is 17.1. The molecule has 0 aromatic heterocycles. The van der Waals surface area contributed by atoms with Crippen LogP contribution in [0.2, 0.25) is 0 Å². The summed E-state index contributed by atoms with van der Waals surface area (Å²) in [7, 11) is 1.62. The zero-order valence-electron chi connectivity index (χ0n) is 17.1. The van der Waals surface area contributed by atoms with Gasteiger partial charge in [0.2, 0.25) is 0 Å². The molecule has 0 amide bonds. The van der Waals surface area contributed by atoms with Crippen molar-refractivity contribution in [2.24, 2.45) is 11.7 Å². The number of methoxy groups -OCH3 is 1. The highest BCUT2D eigenvalue weighted by Crippen LogP contribution is 2.25. The number of carboxylic acid groups (broad SMARTS) is 1. The van der Waals surface area contributed by atoms with Crippen LogP contribution in [-0.4, -0.2) is 42.6 Å². The number of nitrogens with two attached hydrogens (primary N) is 1. The van der Waals surface area contributed by atoms with E-state index in [1.807, 2.05) is 45.9 Å². The van der Waals surface area contributed by atoms with Crippen LogP contribution in [0, 0.1) is 12.8 Å². The SMILES string of the molecule is COc1ccc(C(C)[C@H](N)C(=O)CN[C@@H](/C=C(\C)C(=O)O)C(C)C)cc1C. The van der Waals surface area contributed by atoms with Gasteiger partial charge in [0, 0.05) is 17.5 Å². The summed E-state index contributed by atoms with van der Waals surface area (Å²) in [5.74, 6) is -0.271. The first-order chi connectivity index (χ1) is 12.6. The highest BCUT2D eigenvalue weighted by Gasteiger charge is 2.23. The molecule has 0 aliphatic heterocycles. The Bertz CT molecular complexity index is 697. The minimum Gasteiger partial charge on any atom is -0.496 e. The van der Waals surface area contributed by atoms with E-state index in [1.54, 1.807) is 20.1 Å². The third kappa shape index (κ3) is 6.48. The fourth-order valence-corrected chi connectivity index (χ4v) is 2.84. The topological polar surface area (TPSA) is 102 Å². The molecule has 1 aromatic carbocycles. The molecule has 0 saturated carbocycles. The number of Topliss-reactive ketones (excluding diaryl/α,β-unsaturated/α-hetero) is 1. The minimum atomic E-state index is -0.964. The molecule has 1 rings (SSSR count). The van der Waals surface area contributed by atoms with Crippen LogP contribution in [0.1, 0.15) is 44.7 Å². The first kappa shape index (κ1) is 22.9. The molecule has 3 atom stereocenters. The number of nitrogens with one attached hydrogen (secondary N) is 1. The molecule has 0 fully saturated rings. The van der Waals surface area contributed by atoms with Crippen LogP contribution >= 0.6 is 0 Å². The molecule has 6 heteroatoms. The molecule has 0 aliphatic rings. The molecule has 1 aromatic rings. The van der Waals surface area contributed by atoms with Crippen LogP contribution in [-0.2, 0) is 9.59 Å². The van der Waals surface area contributed by atoms with Crippen LogP contribution in [0.15, 0.2) is 29.8 Å². The van der Waals surface area contributed by atoms with Crippen molar-refractivity contribution in [3.63, 3.8) is 0 Å². The maximum absolute atomic E-state index is 12.6. The molecular formula is C21H32N2O4. The summed E-state index contributed by atoms with van der Waals surface area (Å²) in [6.45, 7) is 9.45. The summed E-state index contributed by atoms with van der Waals surface area (Å²) >= 11 is 0. The Labute approximate surface area is 161 Å². The first-order valence-electron chi connectivity index (χ1n) is 9.16. The van der Waals surface area contributed by atoms with Gasteiger partial charge >= 0.3 is 5.97 Å². The second-order valence-corrected chi connectivity index (χ2v) is 7.32. The normalized spacial score (nSPS) is 15.3. The van der Waals surface area contributed by atoms with E-state index in [-0.39, 0.29) is 35.8 Å². The summed E-state index contributed by atoms with van der Waals surface area (Å²) in [5.41, 5.74) is 8.42. The zero-order chi connectivity index (χ0) is 20.7. The Morgan fingerprint density at radius 3 is 2.41 bits per heavy atom. The third-order valence-electron chi connectivity index (χ3n) is 4.85. The molecule has 0 radical (unpaired) electrons. The van der Waals surface area contributed by atoms with Crippen molar-refractivity contribution < 1.29 is 19.4 Å². The van der Waals surface area contributed by atoms with E-state index in [9.17, 15) is 9.59 Å². The lowest BCUT2D eigenvalue weighted by atomic mass is 9.90. The number of ether oxygens (including phenoxy) is 1. The second-order valence-electron chi connectivity index (χ2n) is 7.32. The van der Waals surface area contributed by atoms with Crippen molar-refractivity contribution in [2.45, 2.75) is 52.6 Å². The number of aryl methyl sites for hydroxylation is 1. The number of carbonyl (C=O) groups excluding carboxylic acids is 1. The Morgan fingerprint density at radius 2 is 1.93 bits per heavy atom. The molecule has 0 heterocycles. The third-order valence-corrected chi connectivity index (χ3v) is 4.85. The van der Waals surface area contributed by atoms with Crippen LogP contribution in [0.3, 0.4) is 0 Å². The standard InChI is InChI=1S/C21H32N2O4/c1-12(2)17(10-14(4)21(25)26)23-11-18(24)20(22)15(5)16-7-8-19(27-6)13(3)9-16/h7-10,12,15,17,20,23H,11,22H2,1-6H3,(H,25,26)/b14-10+/t15?,17-,20-/m0/s1. The largest absolute Gasteiger partial charge is 0.496 e. The van der Waals surface area contributed by atoms with Crippen molar-refractivity contribution in [1.29, 1.82) is 0 Å². The van der Waals surface area contributed by atoms with Crippen molar-refractivity contribution in [3.8, 4) is 5.75 Å². The van der Waals surface area contributed by atoms with Gasteiger partial charge < -0.3 is 20.9 Å². The number of benzene rings is 1. The van der Waals surface area contributed by atoms with Crippen LogP contribution in [0.5, 0.6) is 5.75 Å². The fourth-order valence-electron chi connectivity index (χ4n) is 2.84. The number of hydrogen-bond acceptors (Lipinski definition) is 5. The van der Waals surface area contributed by atoms with Crippen molar-refractivity contribution in [3.05, 3.63) is 41.0 Å². The average molecular weight is 376 g/mol. The summed E-state index contributed by atoms with van der Waals surface area (Å²) in [4.78, 5) is 23.6. The van der Waals surface area contributed by atoms with Gasteiger partial charge in [-0.1, -0.05) is 39.0 Å². The molecule has 0 spiro atoms. The molecule has 0 bridgehead atoms. The van der Waals surface area contributed by atoms with Crippen molar-refractivity contribution >= 4 is 11.8 Å². The molecule has 0 aliphatic carbocycles. The lowest BCUT2D eigenvalue weighted by molar-refractivity contribution is -0.132. The minimum absolute atomic E-state index is 0.0902. The Hall–Kier alpha value is -2.18. The quantitative estimate of drug-likeness (QED) is 0.543. The van der Waals surface area contributed by atoms with Gasteiger partial charge in [0.25, 0.3) is 0 Å². The molecule has 4 N–H and O–H groups in total. The highest BCUT2D eigenvalue weighted by atomic mass is 16.5. The maximum atomic E-state index is 12.6. The summed E-state index contributed by atoms with van der Waals surface area (Å²) in [6, 6.07) is 4.93. The van der Waals surface area contributed by atoms with Gasteiger partial charge in [-0.15, -0.1) is 0 Å². The van der Waals surface area contributed by atoms with E-state index < -0.39 is 12.0 Å². The number of rotatable bonds is 10. The fraction of sp³-hybridized carbons (Fsp3) is 0.524. The van der Waals surface area contributed by atoms with E-state index in [1.165, 1.54) is 0 Å².